The molecule has 0 radical (unpaired) electrons. The van der Waals surface area contributed by atoms with E-state index in [1.54, 1.807) is 6.07 Å². The van der Waals surface area contributed by atoms with Crippen LogP contribution in [-0.4, -0.2) is 22.7 Å². The number of hydrogen-bond donors (Lipinski definition) is 3. The summed E-state index contributed by atoms with van der Waals surface area (Å²) in [7, 11) is 0. The van der Waals surface area contributed by atoms with Crippen LogP contribution in [0.5, 0.6) is 11.5 Å². The van der Waals surface area contributed by atoms with Crippen LogP contribution in [0.4, 0.5) is 0 Å². The van der Waals surface area contributed by atoms with Gasteiger partial charge in [0.15, 0.2) is 0 Å². The summed E-state index contributed by atoms with van der Waals surface area (Å²) in [5.41, 5.74) is 5.69. The van der Waals surface area contributed by atoms with Gasteiger partial charge in [0.2, 0.25) is 0 Å². The number of rotatable bonds is 9. The Bertz CT molecular complexity index is 992. The van der Waals surface area contributed by atoms with Crippen LogP contribution in [0.3, 0.4) is 0 Å². The summed E-state index contributed by atoms with van der Waals surface area (Å²) < 4.78 is 5.73. The van der Waals surface area contributed by atoms with Gasteiger partial charge in [-0.05, 0) is 67.8 Å². The molecule has 0 saturated carbocycles. The Morgan fingerprint density at radius 3 is 2.20 bits per heavy atom. The lowest BCUT2D eigenvalue weighted by molar-refractivity contribution is 0.0693. The average Bonchev–Trinajstić information content (AvgIpc) is 2.69. The number of phenols is 1. The summed E-state index contributed by atoms with van der Waals surface area (Å²) in [6, 6.07) is 19.0. The molecule has 0 bridgehead atoms. The van der Waals surface area contributed by atoms with Crippen molar-refractivity contribution >= 4 is 5.97 Å². The fourth-order valence-corrected chi connectivity index (χ4v) is 3.40. The lowest BCUT2D eigenvalue weighted by Crippen LogP contribution is -2.16. The molecule has 0 aliphatic carbocycles. The predicted octanol–water partition coefficient (Wildman–Crippen LogP) is 4.62. The summed E-state index contributed by atoms with van der Waals surface area (Å²) >= 11 is 0. The number of carbonyl (C=O) groups is 1. The number of nitrogens with one attached hydrogen (secondary N) is 1. The molecule has 0 aliphatic heterocycles. The molecule has 0 heterocycles. The van der Waals surface area contributed by atoms with Crippen molar-refractivity contribution in [3.8, 4) is 11.5 Å². The number of benzene rings is 3. The van der Waals surface area contributed by atoms with Crippen molar-refractivity contribution in [2.75, 3.05) is 6.54 Å². The van der Waals surface area contributed by atoms with Crippen molar-refractivity contribution in [1.29, 1.82) is 0 Å². The first kappa shape index (κ1) is 21.4. The minimum absolute atomic E-state index is 0.116. The van der Waals surface area contributed by atoms with E-state index in [0.29, 0.717) is 5.56 Å². The molecule has 3 N–H and O–H groups in total. The zero-order valence-corrected chi connectivity index (χ0v) is 17.3. The highest BCUT2D eigenvalue weighted by molar-refractivity contribution is 5.90. The fraction of sp³-hybridized carbons (Fsp3) is 0.240. The third-order valence-electron chi connectivity index (χ3n) is 4.82. The molecule has 0 unspecified atom stereocenters. The molecule has 30 heavy (non-hydrogen) atoms. The Hall–Kier alpha value is -3.31. The maximum absolute atomic E-state index is 10.9. The quantitative estimate of drug-likeness (QED) is 0.453. The van der Waals surface area contributed by atoms with Gasteiger partial charge in [0.05, 0.1) is 0 Å². The van der Waals surface area contributed by atoms with Gasteiger partial charge < -0.3 is 20.3 Å². The Labute approximate surface area is 177 Å². The van der Waals surface area contributed by atoms with Crippen molar-refractivity contribution in [1.82, 2.24) is 5.32 Å². The standard InChI is InChI=1S/C25H27NO4/c1-17-11-18(2)13-21(12-17)15-26-10-9-19-3-6-22(7-4-19)30-16-20-5-8-23(25(28)29)24(27)14-20/h3-8,11-14,26-27H,9-10,15-16H2,1-2H3,(H,28,29). The van der Waals surface area contributed by atoms with Gasteiger partial charge in [-0.2, -0.15) is 0 Å². The summed E-state index contributed by atoms with van der Waals surface area (Å²) in [6.07, 6.45) is 0.926. The van der Waals surface area contributed by atoms with Crippen LogP contribution in [0.2, 0.25) is 0 Å². The highest BCUT2D eigenvalue weighted by Gasteiger charge is 2.09. The summed E-state index contributed by atoms with van der Waals surface area (Å²) in [5, 5.41) is 22.2. The van der Waals surface area contributed by atoms with Crippen LogP contribution >= 0.6 is 0 Å². The number of hydrogen-bond acceptors (Lipinski definition) is 4. The molecule has 0 fully saturated rings. The van der Waals surface area contributed by atoms with E-state index in [1.165, 1.54) is 34.4 Å². The highest BCUT2D eigenvalue weighted by atomic mass is 16.5. The minimum Gasteiger partial charge on any atom is -0.507 e. The Balaban J connectivity index is 1.44. The smallest absolute Gasteiger partial charge is 0.339 e. The largest absolute Gasteiger partial charge is 0.507 e. The Kier molecular flexibility index (Phi) is 7.09. The second kappa shape index (κ2) is 9.94. The maximum atomic E-state index is 10.9. The third-order valence-corrected chi connectivity index (χ3v) is 4.82. The molecule has 156 valence electrons. The van der Waals surface area contributed by atoms with E-state index < -0.39 is 5.97 Å². The van der Waals surface area contributed by atoms with Crippen molar-refractivity contribution in [2.45, 2.75) is 33.4 Å². The average molecular weight is 405 g/mol. The molecular formula is C25H27NO4. The van der Waals surface area contributed by atoms with Crippen molar-refractivity contribution in [2.24, 2.45) is 0 Å². The molecule has 5 nitrogen and oxygen atoms in total. The van der Waals surface area contributed by atoms with Crippen LogP contribution in [0, 0.1) is 13.8 Å². The van der Waals surface area contributed by atoms with E-state index in [9.17, 15) is 9.90 Å². The van der Waals surface area contributed by atoms with Crippen LogP contribution in [0.15, 0.2) is 60.7 Å². The van der Waals surface area contributed by atoms with Gasteiger partial charge in [-0.1, -0.05) is 47.5 Å². The van der Waals surface area contributed by atoms with Gasteiger partial charge >= 0.3 is 5.97 Å². The van der Waals surface area contributed by atoms with Crippen molar-refractivity contribution < 1.29 is 19.7 Å². The van der Waals surface area contributed by atoms with E-state index in [1.807, 2.05) is 24.3 Å². The predicted molar refractivity (Wildman–Crippen MR) is 117 cm³/mol. The zero-order chi connectivity index (χ0) is 21.5. The third kappa shape index (κ3) is 6.09. The molecule has 0 atom stereocenters. The number of carboxylic acid groups (broad SMARTS) is 1. The first-order valence-electron chi connectivity index (χ1n) is 9.95. The molecule has 0 aliphatic rings. The van der Waals surface area contributed by atoms with Gasteiger partial charge in [-0.25, -0.2) is 4.79 Å². The van der Waals surface area contributed by atoms with Gasteiger partial charge in [0, 0.05) is 6.54 Å². The topological polar surface area (TPSA) is 78.8 Å². The SMILES string of the molecule is Cc1cc(C)cc(CNCCc2ccc(OCc3ccc(C(=O)O)c(O)c3)cc2)c1. The summed E-state index contributed by atoms with van der Waals surface area (Å²) in [4.78, 5) is 10.9. The molecule has 0 aromatic heterocycles. The van der Waals surface area contributed by atoms with E-state index in [4.69, 9.17) is 9.84 Å². The zero-order valence-electron chi connectivity index (χ0n) is 17.3. The van der Waals surface area contributed by atoms with E-state index in [2.05, 4.69) is 37.4 Å². The number of ether oxygens (including phenoxy) is 1. The van der Waals surface area contributed by atoms with Gasteiger partial charge in [0.1, 0.15) is 23.7 Å². The number of aromatic carboxylic acids is 1. The van der Waals surface area contributed by atoms with E-state index in [0.717, 1.165) is 25.3 Å². The fourth-order valence-electron chi connectivity index (χ4n) is 3.40. The van der Waals surface area contributed by atoms with Gasteiger partial charge in [-0.15, -0.1) is 0 Å². The highest BCUT2D eigenvalue weighted by Crippen LogP contribution is 2.21. The number of aryl methyl sites for hydroxylation is 2. The monoisotopic (exact) mass is 405 g/mol. The summed E-state index contributed by atoms with van der Waals surface area (Å²) in [6.45, 7) is 6.24. The maximum Gasteiger partial charge on any atom is 0.339 e. The first-order valence-corrected chi connectivity index (χ1v) is 9.95. The van der Waals surface area contributed by atoms with Gasteiger partial charge in [-0.3, -0.25) is 0 Å². The Morgan fingerprint density at radius 2 is 1.57 bits per heavy atom. The van der Waals surface area contributed by atoms with Gasteiger partial charge in [0.25, 0.3) is 0 Å². The Morgan fingerprint density at radius 1 is 0.900 bits per heavy atom. The van der Waals surface area contributed by atoms with E-state index >= 15 is 0 Å². The molecule has 0 spiro atoms. The number of carboxylic acids is 1. The molecule has 0 amide bonds. The second-order valence-corrected chi connectivity index (χ2v) is 7.51. The minimum atomic E-state index is -1.15. The first-order chi connectivity index (χ1) is 14.4. The number of aromatic hydroxyl groups is 1. The molecular weight excluding hydrogens is 378 g/mol. The molecule has 0 saturated heterocycles. The summed E-state index contributed by atoms with van der Waals surface area (Å²) in [5.74, 6) is -0.685. The lowest BCUT2D eigenvalue weighted by Gasteiger charge is -2.10. The van der Waals surface area contributed by atoms with Crippen LogP contribution in [0.25, 0.3) is 0 Å². The van der Waals surface area contributed by atoms with E-state index in [-0.39, 0.29) is 17.9 Å². The molecule has 3 aromatic carbocycles. The molecule has 5 heteroatoms. The van der Waals surface area contributed by atoms with Crippen molar-refractivity contribution in [3.63, 3.8) is 0 Å². The van der Waals surface area contributed by atoms with Crippen LogP contribution in [0.1, 0.15) is 38.2 Å². The molecule has 3 aromatic rings. The van der Waals surface area contributed by atoms with Crippen molar-refractivity contribution in [3.05, 3.63) is 94.0 Å². The normalized spacial score (nSPS) is 10.7. The second-order valence-electron chi connectivity index (χ2n) is 7.51. The van der Waals surface area contributed by atoms with Crippen LogP contribution < -0.4 is 10.1 Å². The molecule has 3 rings (SSSR count). The lowest BCUT2D eigenvalue weighted by atomic mass is 10.1. The van der Waals surface area contributed by atoms with Crippen LogP contribution in [-0.2, 0) is 19.6 Å².